The normalized spacial score (nSPS) is 11.8. The van der Waals surface area contributed by atoms with Gasteiger partial charge in [-0.1, -0.05) is 6.07 Å². The van der Waals surface area contributed by atoms with E-state index in [9.17, 15) is 8.42 Å². The Kier molecular flexibility index (Phi) is 4.62. The Morgan fingerprint density at radius 2 is 2.04 bits per heavy atom. The number of nitrogens with one attached hydrogen (secondary N) is 1. The van der Waals surface area contributed by atoms with Crippen molar-refractivity contribution < 1.29 is 13.2 Å². The van der Waals surface area contributed by atoms with E-state index in [1.807, 2.05) is 29.7 Å². The third-order valence-electron chi connectivity index (χ3n) is 3.52. The summed E-state index contributed by atoms with van der Waals surface area (Å²) in [4.78, 5) is 4.52. The molecule has 1 N–H and O–H groups in total. The van der Waals surface area contributed by atoms with E-state index in [1.54, 1.807) is 24.4 Å². The van der Waals surface area contributed by atoms with Gasteiger partial charge in [-0.2, -0.15) is 0 Å². The summed E-state index contributed by atoms with van der Waals surface area (Å²) in [6.07, 6.45) is 3.65. The summed E-state index contributed by atoms with van der Waals surface area (Å²) < 4.78 is 35.6. The van der Waals surface area contributed by atoms with E-state index in [0.717, 1.165) is 15.7 Å². The number of rotatable bonds is 5. The maximum absolute atomic E-state index is 12.6. The highest BCUT2D eigenvalue weighted by molar-refractivity contribution is 9.10. The van der Waals surface area contributed by atoms with Crippen LogP contribution in [0, 0.1) is 6.92 Å². The number of fused-ring (bicyclic) bond motifs is 1. The highest BCUT2D eigenvalue weighted by atomic mass is 79.9. The molecule has 2 heterocycles. The minimum Gasteiger partial charge on any atom is -0.495 e. The second kappa shape index (κ2) is 6.54. The van der Waals surface area contributed by atoms with E-state index < -0.39 is 10.0 Å². The molecular formula is C16H16BrN3O3S. The Balaban J connectivity index is 1.85. The smallest absolute Gasteiger partial charge is 0.244 e. The molecule has 2 aromatic heterocycles. The molecule has 0 atom stereocenters. The number of nitrogens with zero attached hydrogens (tertiary/aromatic N) is 2. The van der Waals surface area contributed by atoms with Crippen LogP contribution in [0.15, 0.2) is 52.1 Å². The summed E-state index contributed by atoms with van der Waals surface area (Å²) in [7, 11) is -2.25. The van der Waals surface area contributed by atoms with E-state index in [-0.39, 0.29) is 11.4 Å². The fourth-order valence-corrected chi connectivity index (χ4v) is 3.95. The number of pyridine rings is 1. The fourth-order valence-electron chi connectivity index (χ4n) is 2.34. The van der Waals surface area contributed by atoms with Crippen molar-refractivity contribution in [3.63, 3.8) is 0 Å². The Bertz CT molecular complexity index is 999. The lowest BCUT2D eigenvalue weighted by atomic mass is 10.2. The predicted molar refractivity (Wildman–Crippen MR) is 94.6 cm³/mol. The van der Waals surface area contributed by atoms with Gasteiger partial charge in [-0.15, -0.1) is 0 Å². The van der Waals surface area contributed by atoms with Crippen LogP contribution < -0.4 is 9.46 Å². The number of aryl methyl sites for hydroxylation is 1. The van der Waals surface area contributed by atoms with Gasteiger partial charge >= 0.3 is 0 Å². The molecule has 0 aliphatic rings. The lowest BCUT2D eigenvalue weighted by Crippen LogP contribution is -2.24. The number of sulfonamides is 1. The third kappa shape index (κ3) is 3.45. The van der Waals surface area contributed by atoms with Gasteiger partial charge < -0.3 is 9.14 Å². The Morgan fingerprint density at radius 1 is 1.25 bits per heavy atom. The van der Waals surface area contributed by atoms with Crippen LogP contribution in [0.2, 0.25) is 0 Å². The van der Waals surface area contributed by atoms with Crippen molar-refractivity contribution >= 4 is 31.6 Å². The van der Waals surface area contributed by atoms with Crippen molar-refractivity contribution in [3.8, 4) is 5.75 Å². The van der Waals surface area contributed by atoms with Crippen LogP contribution >= 0.6 is 15.9 Å². The molecule has 24 heavy (non-hydrogen) atoms. The first-order valence-electron chi connectivity index (χ1n) is 7.16. The van der Waals surface area contributed by atoms with E-state index in [4.69, 9.17) is 4.74 Å². The summed E-state index contributed by atoms with van der Waals surface area (Å²) in [6, 6.07) is 8.77. The van der Waals surface area contributed by atoms with Gasteiger partial charge in [0.05, 0.1) is 19.3 Å². The molecule has 0 saturated heterocycles. The molecule has 0 unspecified atom stereocenters. The van der Waals surface area contributed by atoms with Crippen LogP contribution in [-0.4, -0.2) is 24.9 Å². The predicted octanol–water partition coefficient (Wildman–Crippen LogP) is 2.89. The number of imidazole rings is 1. The van der Waals surface area contributed by atoms with E-state index in [0.29, 0.717) is 11.4 Å². The number of hydrogen-bond acceptors (Lipinski definition) is 4. The van der Waals surface area contributed by atoms with Crippen molar-refractivity contribution in [2.45, 2.75) is 18.4 Å². The lowest BCUT2D eigenvalue weighted by Gasteiger charge is -2.10. The van der Waals surface area contributed by atoms with Crippen molar-refractivity contribution in [2.24, 2.45) is 0 Å². The molecule has 126 valence electrons. The molecular weight excluding hydrogens is 394 g/mol. The molecule has 8 heteroatoms. The maximum Gasteiger partial charge on any atom is 0.244 e. The molecule has 0 amide bonds. The largest absolute Gasteiger partial charge is 0.495 e. The Labute approximate surface area is 148 Å². The molecule has 0 aliphatic carbocycles. The van der Waals surface area contributed by atoms with Gasteiger partial charge in [0, 0.05) is 16.9 Å². The van der Waals surface area contributed by atoms with Crippen molar-refractivity contribution in [2.75, 3.05) is 7.11 Å². The molecule has 6 nitrogen and oxygen atoms in total. The Hall–Kier alpha value is -1.90. The monoisotopic (exact) mass is 409 g/mol. The quantitative estimate of drug-likeness (QED) is 0.702. The zero-order chi connectivity index (χ0) is 17.3. The minimum absolute atomic E-state index is 0.0960. The molecule has 0 aliphatic heterocycles. The molecule has 0 radical (unpaired) electrons. The van der Waals surface area contributed by atoms with E-state index >= 15 is 0 Å². The number of halogens is 1. The molecule has 0 spiro atoms. The second-order valence-electron chi connectivity index (χ2n) is 5.32. The first kappa shape index (κ1) is 16.9. The van der Waals surface area contributed by atoms with Crippen LogP contribution in [-0.2, 0) is 16.6 Å². The summed E-state index contributed by atoms with van der Waals surface area (Å²) in [5, 5.41) is 0. The average molecular weight is 410 g/mol. The minimum atomic E-state index is -3.70. The van der Waals surface area contributed by atoms with Crippen molar-refractivity contribution in [3.05, 3.63) is 58.5 Å². The zero-order valence-corrected chi connectivity index (χ0v) is 15.6. The van der Waals surface area contributed by atoms with Gasteiger partial charge in [0.25, 0.3) is 0 Å². The highest BCUT2D eigenvalue weighted by Crippen LogP contribution is 2.24. The van der Waals surface area contributed by atoms with Gasteiger partial charge in [-0.25, -0.2) is 18.1 Å². The van der Waals surface area contributed by atoms with Crippen molar-refractivity contribution in [1.29, 1.82) is 0 Å². The molecule has 0 bridgehead atoms. The van der Waals surface area contributed by atoms with E-state index in [2.05, 4.69) is 25.6 Å². The second-order valence-corrected chi connectivity index (χ2v) is 7.97. The molecule has 0 fully saturated rings. The number of hydrogen-bond donors (Lipinski definition) is 1. The zero-order valence-electron chi connectivity index (χ0n) is 13.2. The Morgan fingerprint density at radius 3 is 2.79 bits per heavy atom. The van der Waals surface area contributed by atoms with Gasteiger partial charge in [-0.3, -0.25) is 0 Å². The third-order valence-corrected chi connectivity index (χ3v) is 5.41. The first-order chi connectivity index (χ1) is 11.4. The van der Waals surface area contributed by atoms with Crippen LogP contribution in [0.1, 0.15) is 11.3 Å². The van der Waals surface area contributed by atoms with Crippen molar-refractivity contribution in [1.82, 2.24) is 14.1 Å². The topological polar surface area (TPSA) is 72.7 Å². The molecule has 3 rings (SSSR count). The summed E-state index contributed by atoms with van der Waals surface area (Å²) in [5.41, 5.74) is 2.22. The summed E-state index contributed by atoms with van der Waals surface area (Å²) >= 11 is 3.39. The SMILES string of the molecule is COc1ccc(C)cc1S(=O)(=O)NCc1cn2cc(Br)ccc2n1. The fraction of sp³-hybridized carbons (Fsp3) is 0.188. The van der Waals surface area contributed by atoms with Crippen LogP contribution in [0.5, 0.6) is 5.75 Å². The molecule has 0 saturated carbocycles. The van der Waals surface area contributed by atoms with E-state index in [1.165, 1.54) is 7.11 Å². The number of benzene rings is 1. The van der Waals surface area contributed by atoms with Crippen LogP contribution in [0.4, 0.5) is 0 Å². The van der Waals surface area contributed by atoms with Gasteiger partial charge in [0.2, 0.25) is 10.0 Å². The van der Waals surface area contributed by atoms with Gasteiger partial charge in [-0.05, 0) is 52.7 Å². The number of aromatic nitrogens is 2. The lowest BCUT2D eigenvalue weighted by molar-refractivity contribution is 0.402. The van der Waals surface area contributed by atoms with Crippen LogP contribution in [0.25, 0.3) is 5.65 Å². The summed E-state index contributed by atoms with van der Waals surface area (Å²) in [6.45, 7) is 1.93. The average Bonchev–Trinajstić information content (AvgIpc) is 2.95. The molecule has 1 aromatic carbocycles. The van der Waals surface area contributed by atoms with Gasteiger partial charge in [0.1, 0.15) is 16.3 Å². The maximum atomic E-state index is 12.6. The standard InChI is InChI=1S/C16H16BrN3O3S/c1-11-3-5-14(23-2)15(7-11)24(21,22)18-8-13-10-20-9-12(17)4-6-16(20)19-13/h3-7,9-10,18H,8H2,1-2H3. The summed E-state index contributed by atoms with van der Waals surface area (Å²) in [5.74, 6) is 0.312. The van der Waals surface area contributed by atoms with Crippen LogP contribution in [0.3, 0.4) is 0 Å². The molecule has 3 aromatic rings. The van der Waals surface area contributed by atoms with Gasteiger partial charge in [0.15, 0.2) is 0 Å². The first-order valence-corrected chi connectivity index (χ1v) is 9.44. The number of ether oxygens (including phenoxy) is 1. The highest BCUT2D eigenvalue weighted by Gasteiger charge is 2.20. The number of methoxy groups -OCH3 is 1.